The maximum atomic E-state index is 13.3. The topological polar surface area (TPSA) is 30.2 Å². The number of benzene rings is 1. The van der Waals surface area contributed by atoms with Gasteiger partial charge in [-0.25, -0.2) is 9.38 Å². The summed E-state index contributed by atoms with van der Waals surface area (Å²) in [5, 5.41) is 2.13. The Morgan fingerprint density at radius 1 is 1.12 bits per heavy atom. The molecular formula is C19H18FN3S. The third-order valence-corrected chi connectivity index (χ3v) is 5.28. The minimum atomic E-state index is -0.207. The lowest BCUT2D eigenvalue weighted by atomic mass is 10.1. The van der Waals surface area contributed by atoms with E-state index in [0.29, 0.717) is 6.04 Å². The average Bonchev–Trinajstić information content (AvgIpc) is 3.26. The second kappa shape index (κ2) is 6.69. The van der Waals surface area contributed by atoms with Crippen molar-refractivity contribution in [3.63, 3.8) is 0 Å². The van der Waals surface area contributed by atoms with E-state index in [9.17, 15) is 4.39 Å². The first-order valence-corrected chi connectivity index (χ1v) is 9.10. The van der Waals surface area contributed by atoms with Gasteiger partial charge in [0.25, 0.3) is 0 Å². The summed E-state index contributed by atoms with van der Waals surface area (Å²) in [6.45, 7) is 0. The van der Waals surface area contributed by atoms with E-state index in [-0.39, 0.29) is 5.82 Å². The first-order chi connectivity index (χ1) is 11.8. The molecule has 1 aliphatic carbocycles. The second-order valence-corrected chi connectivity index (χ2v) is 6.88. The molecule has 0 radical (unpaired) electrons. The maximum Gasteiger partial charge on any atom is 0.190 e. The molecule has 2 heterocycles. The van der Waals surface area contributed by atoms with Gasteiger partial charge in [-0.05, 0) is 54.8 Å². The van der Waals surface area contributed by atoms with Gasteiger partial charge in [0.15, 0.2) is 4.80 Å². The summed E-state index contributed by atoms with van der Waals surface area (Å²) in [4.78, 5) is 9.92. The SMILES string of the molecule is Fc1ccc(-c2csc(=Nc3cccnc3)n2C2CCCC2)cc1. The molecule has 5 heteroatoms. The molecule has 1 fully saturated rings. The van der Waals surface area contributed by atoms with E-state index in [4.69, 9.17) is 4.99 Å². The van der Waals surface area contributed by atoms with Crippen LogP contribution in [0, 0.1) is 5.82 Å². The zero-order chi connectivity index (χ0) is 16.4. The third kappa shape index (κ3) is 3.04. The molecule has 0 unspecified atom stereocenters. The van der Waals surface area contributed by atoms with E-state index >= 15 is 0 Å². The van der Waals surface area contributed by atoms with Crippen molar-refractivity contribution in [3.8, 4) is 11.3 Å². The van der Waals surface area contributed by atoms with Crippen LogP contribution in [0.15, 0.2) is 59.2 Å². The molecule has 0 N–H and O–H groups in total. The standard InChI is InChI=1S/C19H18FN3S/c20-15-9-7-14(8-10-15)18-13-24-19(22-16-4-3-11-21-12-16)23(18)17-5-1-2-6-17/h3-4,7-13,17H,1-2,5-6H2. The van der Waals surface area contributed by atoms with Crippen molar-refractivity contribution < 1.29 is 4.39 Å². The van der Waals surface area contributed by atoms with Crippen LogP contribution in [0.2, 0.25) is 0 Å². The highest BCUT2D eigenvalue weighted by Gasteiger charge is 2.21. The number of nitrogens with zero attached hydrogens (tertiary/aromatic N) is 3. The predicted octanol–water partition coefficient (Wildman–Crippen LogP) is 5.10. The normalized spacial score (nSPS) is 16.0. The van der Waals surface area contributed by atoms with Crippen molar-refractivity contribution in [2.24, 2.45) is 4.99 Å². The van der Waals surface area contributed by atoms with Crippen molar-refractivity contribution in [1.29, 1.82) is 0 Å². The molecule has 1 aromatic carbocycles. The Balaban J connectivity index is 1.86. The maximum absolute atomic E-state index is 13.3. The first-order valence-electron chi connectivity index (χ1n) is 8.22. The number of hydrogen-bond acceptors (Lipinski definition) is 3. The largest absolute Gasteiger partial charge is 0.313 e. The van der Waals surface area contributed by atoms with E-state index in [1.807, 2.05) is 24.3 Å². The summed E-state index contributed by atoms with van der Waals surface area (Å²) in [5.74, 6) is -0.207. The van der Waals surface area contributed by atoms with Crippen molar-refractivity contribution in [2.75, 3.05) is 0 Å². The Bertz CT molecular complexity index is 875. The highest BCUT2D eigenvalue weighted by atomic mass is 32.1. The Labute approximate surface area is 144 Å². The van der Waals surface area contributed by atoms with Gasteiger partial charge >= 0.3 is 0 Å². The smallest absolute Gasteiger partial charge is 0.190 e. The number of hydrogen-bond donors (Lipinski definition) is 0. The van der Waals surface area contributed by atoms with Crippen LogP contribution in [-0.4, -0.2) is 9.55 Å². The molecule has 24 heavy (non-hydrogen) atoms. The van der Waals surface area contributed by atoms with Gasteiger partial charge < -0.3 is 4.57 Å². The zero-order valence-corrected chi connectivity index (χ0v) is 14.0. The van der Waals surface area contributed by atoms with E-state index in [0.717, 1.165) is 21.7 Å². The lowest BCUT2D eigenvalue weighted by Crippen LogP contribution is -2.19. The van der Waals surface area contributed by atoms with Gasteiger partial charge in [0.05, 0.1) is 17.6 Å². The van der Waals surface area contributed by atoms with Gasteiger partial charge in [-0.3, -0.25) is 4.98 Å². The summed E-state index contributed by atoms with van der Waals surface area (Å²) in [6, 6.07) is 11.0. The highest BCUT2D eigenvalue weighted by molar-refractivity contribution is 7.07. The summed E-state index contributed by atoms with van der Waals surface area (Å²) in [6.07, 6.45) is 8.38. The summed E-state index contributed by atoms with van der Waals surface area (Å²) in [5.41, 5.74) is 3.01. The Hall–Kier alpha value is -2.27. The highest BCUT2D eigenvalue weighted by Crippen LogP contribution is 2.33. The van der Waals surface area contributed by atoms with Crippen LogP contribution >= 0.6 is 11.3 Å². The number of halogens is 1. The number of rotatable bonds is 3. The van der Waals surface area contributed by atoms with Gasteiger partial charge in [-0.15, -0.1) is 11.3 Å². The fourth-order valence-electron chi connectivity index (χ4n) is 3.28. The molecule has 0 amide bonds. The van der Waals surface area contributed by atoms with Crippen LogP contribution in [0.25, 0.3) is 11.3 Å². The van der Waals surface area contributed by atoms with Gasteiger partial charge in [-0.1, -0.05) is 12.8 Å². The van der Waals surface area contributed by atoms with E-state index in [1.165, 1.54) is 37.8 Å². The van der Waals surface area contributed by atoms with Crippen molar-refractivity contribution in [2.45, 2.75) is 31.7 Å². The molecule has 1 aliphatic rings. The van der Waals surface area contributed by atoms with Gasteiger partial charge in [0.1, 0.15) is 5.82 Å². The Morgan fingerprint density at radius 3 is 2.62 bits per heavy atom. The molecule has 0 atom stereocenters. The summed E-state index contributed by atoms with van der Waals surface area (Å²) < 4.78 is 15.6. The molecule has 2 aromatic heterocycles. The van der Waals surface area contributed by atoms with Crippen LogP contribution in [0.4, 0.5) is 10.1 Å². The predicted molar refractivity (Wildman–Crippen MR) is 94.7 cm³/mol. The van der Waals surface area contributed by atoms with Crippen LogP contribution < -0.4 is 4.80 Å². The number of thiazole rings is 1. The fraction of sp³-hybridized carbons (Fsp3) is 0.263. The third-order valence-electron chi connectivity index (χ3n) is 4.44. The fourth-order valence-corrected chi connectivity index (χ4v) is 4.26. The zero-order valence-electron chi connectivity index (χ0n) is 13.2. The lowest BCUT2D eigenvalue weighted by Gasteiger charge is -2.16. The minimum Gasteiger partial charge on any atom is -0.313 e. The second-order valence-electron chi connectivity index (χ2n) is 6.04. The molecule has 0 bridgehead atoms. The monoisotopic (exact) mass is 339 g/mol. The summed E-state index contributed by atoms with van der Waals surface area (Å²) >= 11 is 1.63. The molecular weight excluding hydrogens is 321 g/mol. The van der Waals surface area contributed by atoms with Crippen LogP contribution in [0.3, 0.4) is 0 Å². The molecule has 1 saturated carbocycles. The number of aromatic nitrogens is 2. The van der Waals surface area contributed by atoms with Crippen molar-refractivity contribution >= 4 is 17.0 Å². The average molecular weight is 339 g/mol. The summed E-state index contributed by atoms with van der Waals surface area (Å²) in [7, 11) is 0. The molecule has 0 spiro atoms. The van der Waals surface area contributed by atoms with E-state index < -0.39 is 0 Å². The number of pyridine rings is 1. The minimum absolute atomic E-state index is 0.207. The van der Waals surface area contributed by atoms with Gasteiger partial charge in [0.2, 0.25) is 0 Å². The van der Waals surface area contributed by atoms with E-state index in [2.05, 4.69) is 14.9 Å². The molecule has 122 valence electrons. The molecule has 0 aliphatic heterocycles. The van der Waals surface area contributed by atoms with Gasteiger partial charge in [-0.2, -0.15) is 0 Å². The van der Waals surface area contributed by atoms with Crippen LogP contribution in [-0.2, 0) is 0 Å². The molecule has 4 rings (SSSR count). The van der Waals surface area contributed by atoms with E-state index in [1.54, 1.807) is 23.7 Å². The first kappa shape index (κ1) is 15.3. The quantitative estimate of drug-likeness (QED) is 0.653. The molecule has 0 saturated heterocycles. The Morgan fingerprint density at radius 2 is 1.92 bits per heavy atom. The molecule has 3 aromatic rings. The lowest BCUT2D eigenvalue weighted by molar-refractivity contribution is 0.512. The van der Waals surface area contributed by atoms with Crippen LogP contribution in [0.1, 0.15) is 31.7 Å². The van der Waals surface area contributed by atoms with Crippen molar-refractivity contribution in [1.82, 2.24) is 9.55 Å². The van der Waals surface area contributed by atoms with Crippen LogP contribution in [0.5, 0.6) is 0 Å². The molecule has 3 nitrogen and oxygen atoms in total. The Kier molecular flexibility index (Phi) is 4.26. The van der Waals surface area contributed by atoms with Crippen molar-refractivity contribution in [3.05, 3.63) is 64.8 Å². The van der Waals surface area contributed by atoms with Gasteiger partial charge in [0, 0.05) is 17.6 Å².